The molecule has 3 aromatic rings. The summed E-state index contributed by atoms with van der Waals surface area (Å²) in [4.78, 5) is 28.4. The van der Waals surface area contributed by atoms with Crippen molar-refractivity contribution in [1.29, 1.82) is 0 Å². The predicted octanol–water partition coefficient (Wildman–Crippen LogP) is 4.39. The van der Waals surface area contributed by atoms with Gasteiger partial charge in [0.2, 0.25) is 0 Å². The molecular weight excluding hydrogens is 396 g/mol. The summed E-state index contributed by atoms with van der Waals surface area (Å²) in [6.07, 6.45) is 1.91. The molecule has 1 aromatic heterocycles. The average Bonchev–Trinajstić information content (AvgIpc) is 3.50. The Labute approximate surface area is 171 Å². The molecule has 0 amide bonds. The third-order valence-electron chi connectivity index (χ3n) is 4.51. The number of ether oxygens (including phenoxy) is 1. The standard InChI is InChI=1S/C21H19ClN2O3S/c22-16-7-4-8-17(11-16)28-20-18(15-9-10-15)19(25)23-21(26)24(20)13-27-12-14-5-2-1-3-6-14/h1-8,11,15H,9-10,12-13H2,(H,23,25,26). The second-order valence-electron chi connectivity index (χ2n) is 6.70. The first-order chi connectivity index (χ1) is 13.6. The fourth-order valence-electron chi connectivity index (χ4n) is 3.00. The largest absolute Gasteiger partial charge is 0.356 e. The van der Waals surface area contributed by atoms with E-state index in [-0.39, 0.29) is 18.2 Å². The van der Waals surface area contributed by atoms with Gasteiger partial charge in [-0.2, -0.15) is 0 Å². The van der Waals surface area contributed by atoms with Gasteiger partial charge in [0.25, 0.3) is 5.56 Å². The topological polar surface area (TPSA) is 64.1 Å². The summed E-state index contributed by atoms with van der Waals surface area (Å²) in [7, 11) is 0. The van der Waals surface area contributed by atoms with Crippen LogP contribution >= 0.6 is 23.4 Å². The highest BCUT2D eigenvalue weighted by atomic mass is 35.5. The van der Waals surface area contributed by atoms with Crippen LogP contribution < -0.4 is 11.2 Å². The summed E-state index contributed by atoms with van der Waals surface area (Å²) in [6.45, 7) is 0.444. The molecule has 1 N–H and O–H groups in total. The summed E-state index contributed by atoms with van der Waals surface area (Å²) in [6, 6.07) is 17.1. The highest BCUT2D eigenvalue weighted by Gasteiger charge is 2.31. The quantitative estimate of drug-likeness (QED) is 0.582. The van der Waals surface area contributed by atoms with Crippen LogP contribution in [0.4, 0.5) is 0 Å². The van der Waals surface area contributed by atoms with Crippen molar-refractivity contribution < 1.29 is 4.74 Å². The first-order valence-electron chi connectivity index (χ1n) is 9.04. The molecule has 28 heavy (non-hydrogen) atoms. The van der Waals surface area contributed by atoms with E-state index in [1.807, 2.05) is 48.5 Å². The molecule has 1 heterocycles. The van der Waals surface area contributed by atoms with E-state index in [1.54, 1.807) is 6.07 Å². The van der Waals surface area contributed by atoms with E-state index in [2.05, 4.69) is 4.98 Å². The van der Waals surface area contributed by atoms with E-state index in [1.165, 1.54) is 16.3 Å². The zero-order valence-corrected chi connectivity index (χ0v) is 16.6. The molecule has 0 saturated heterocycles. The van der Waals surface area contributed by atoms with Crippen LogP contribution in [0, 0.1) is 0 Å². The lowest BCUT2D eigenvalue weighted by Crippen LogP contribution is -2.34. The highest BCUT2D eigenvalue weighted by molar-refractivity contribution is 7.99. The smallest absolute Gasteiger partial charge is 0.331 e. The van der Waals surface area contributed by atoms with E-state index < -0.39 is 5.69 Å². The SMILES string of the molecule is O=c1[nH]c(=O)n(COCc2ccccc2)c(Sc2cccc(Cl)c2)c1C1CC1. The van der Waals surface area contributed by atoms with E-state index in [4.69, 9.17) is 16.3 Å². The number of hydrogen-bond donors (Lipinski definition) is 1. The van der Waals surface area contributed by atoms with Crippen molar-refractivity contribution in [3.63, 3.8) is 0 Å². The molecule has 2 aromatic carbocycles. The molecule has 1 saturated carbocycles. The van der Waals surface area contributed by atoms with Crippen LogP contribution in [-0.2, 0) is 18.1 Å². The van der Waals surface area contributed by atoms with Crippen LogP contribution in [0.1, 0.15) is 29.9 Å². The molecule has 0 radical (unpaired) electrons. The van der Waals surface area contributed by atoms with Crippen molar-refractivity contribution >= 4 is 23.4 Å². The second-order valence-corrected chi connectivity index (χ2v) is 8.20. The molecule has 144 valence electrons. The number of nitrogens with zero attached hydrogens (tertiary/aromatic N) is 1. The van der Waals surface area contributed by atoms with E-state index in [0.29, 0.717) is 22.2 Å². The van der Waals surface area contributed by atoms with E-state index in [9.17, 15) is 9.59 Å². The van der Waals surface area contributed by atoms with Crippen LogP contribution in [0.5, 0.6) is 0 Å². The molecule has 0 atom stereocenters. The molecule has 0 spiro atoms. The van der Waals surface area contributed by atoms with Crippen molar-refractivity contribution in [2.75, 3.05) is 0 Å². The molecule has 1 fully saturated rings. The fraction of sp³-hybridized carbons (Fsp3) is 0.238. The summed E-state index contributed by atoms with van der Waals surface area (Å²) in [5.41, 5.74) is 0.905. The number of nitrogens with one attached hydrogen (secondary N) is 1. The zero-order valence-electron chi connectivity index (χ0n) is 15.1. The lowest BCUT2D eigenvalue weighted by Gasteiger charge is -2.16. The fourth-order valence-corrected chi connectivity index (χ4v) is 4.42. The van der Waals surface area contributed by atoms with Crippen molar-refractivity contribution in [3.8, 4) is 0 Å². The number of benzene rings is 2. The first-order valence-corrected chi connectivity index (χ1v) is 10.2. The van der Waals surface area contributed by atoms with Crippen LogP contribution in [-0.4, -0.2) is 9.55 Å². The zero-order chi connectivity index (χ0) is 19.5. The van der Waals surface area contributed by atoms with Gasteiger partial charge in [0, 0.05) is 9.92 Å². The summed E-state index contributed by atoms with van der Waals surface area (Å²) in [5.74, 6) is 0.186. The summed E-state index contributed by atoms with van der Waals surface area (Å²) in [5, 5.41) is 1.24. The van der Waals surface area contributed by atoms with Crippen molar-refractivity contribution in [3.05, 3.63) is 91.6 Å². The Morgan fingerprint density at radius 2 is 1.89 bits per heavy atom. The number of aromatic amines is 1. The third-order valence-corrected chi connectivity index (χ3v) is 5.87. The number of hydrogen-bond acceptors (Lipinski definition) is 4. The summed E-state index contributed by atoms with van der Waals surface area (Å²) < 4.78 is 7.29. The minimum atomic E-state index is -0.466. The Hall–Kier alpha value is -2.28. The van der Waals surface area contributed by atoms with Crippen molar-refractivity contribution in [2.45, 2.75) is 42.0 Å². The molecule has 1 aliphatic carbocycles. The molecule has 7 heteroatoms. The van der Waals surface area contributed by atoms with Crippen LogP contribution in [0.25, 0.3) is 0 Å². The lowest BCUT2D eigenvalue weighted by atomic mass is 10.2. The average molecular weight is 415 g/mol. The van der Waals surface area contributed by atoms with Gasteiger partial charge in [-0.15, -0.1) is 0 Å². The maximum absolute atomic E-state index is 12.5. The van der Waals surface area contributed by atoms with Gasteiger partial charge in [-0.05, 0) is 42.5 Å². The Balaban J connectivity index is 1.67. The normalized spacial score (nSPS) is 13.6. The Morgan fingerprint density at radius 1 is 1.11 bits per heavy atom. The number of rotatable bonds is 7. The molecule has 0 aliphatic heterocycles. The van der Waals surface area contributed by atoms with Gasteiger partial charge < -0.3 is 4.74 Å². The van der Waals surface area contributed by atoms with Crippen molar-refractivity contribution in [1.82, 2.24) is 9.55 Å². The molecule has 1 aliphatic rings. The Bertz CT molecular complexity index is 1090. The maximum Gasteiger partial charge on any atom is 0.331 e. The Kier molecular flexibility index (Phi) is 5.71. The monoisotopic (exact) mass is 414 g/mol. The maximum atomic E-state index is 12.5. The van der Waals surface area contributed by atoms with Gasteiger partial charge in [-0.3, -0.25) is 14.3 Å². The van der Waals surface area contributed by atoms with Crippen LogP contribution in [0.2, 0.25) is 5.02 Å². The summed E-state index contributed by atoms with van der Waals surface area (Å²) >= 11 is 7.48. The molecule has 0 bridgehead atoms. The van der Waals surface area contributed by atoms with Crippen LogP contribution in [0.3, 0.4) is 0 Å². The molecule has 0 unspecified atom stereocenters. The highest BCUT2D eigenvalue weighted by Crippen LogP contribution is 2.43. The molecule has 4 rings (SSSR count). The molecule has 5 nitrogen and oxygen atoms in total. The third kappa shape index (κ3) is 4.41. The number of halogens is 1. The first kappa shape index (κ1) is 19.1. The number of aromatic nitrogens is 2. The van der Waals surface area contributed by atoms with Gasteiger partial charge in [-0.25, -0.2) is 4.79 Å². The Morgan fingerprint density at radius 3 is 2.61 bits per heavy atom. The van der Waals surface area contributed by atoms with Gasteiger partial charge in [0.1, 0.15) is 6.73 Å². The van der Waals surface area contributed by atoms with Gasteiger partial charge in [-0.1, -0.05) is 59.8 Å². The minimum absolute atomic E-state index is 0.0626. The van der Waals surface area contributed by atoms with Crippen molar-refractivity contribution in [2.24, 2.45) is 0 Å². The van der Waals surface area contributed by atoms with E-state index in [0.717, 1.165) is 23.3 Å². The van der Waals surface area contributed by atoms with Crippen LogP contribution in [0.15, 0.2) is 74.1 Å². The number of H-pyrrole nitrogens is 1. The predicted molar refractivity (Wildman–Crippen MR) is 110 cm³/mol. The van der Waals surface area contributed by atoms with Gasteiger partial charge in [0.05, 0.1) is 17.2 Å². The van der Waals surface area contributed by atoms with Gasteiger partial charge >= 0.3 is 5.69 Å². The second kappa shape index (κ2) is 8.39. The minimum Gasteiger partial charge on any atom is -0.356 e. The van der Waals surface area contributed by atoms with Gasteiger partial charge in [0.15, 0.2) is 0 Å². The molecular formula is C21H19ClN2O3S. The lowest BCUT2D eigenvalue weighted by molar-refractivity contribution is 0.0550. The van der Waals surface area contributed by atoms with E-state index >= 15 is 0 Å².